The molecule has 1 N–H and O–H groups in total. The monoisotopic (exact) mass is 418 g/mol. The van der Waals surface area contributed by atoms with E-state index in [0.29, 0.717) is 35.4 Å². The van der Waals surface area contributed by atoms with Crippen LogP contribution >= 0.6 is 0 Å². The average Bonchev–Trinajstić information content (AvgIpc) is 3.07. The van der Waals surface area contributed by atoms with Crippen LogP contribution in [0.25, 0.3) is 0 Å². The van der Waals surface area contributed by atoms with Gasteiger partial charge >= 0.3 is 11.9 Å². The molecule has 0 spiro atoms. The van der Waals surface area contributed by atoms with E-state index < -0.39 is 11.9 Å². The van der Waals surface area contributed by atoms with Crippen LogP contribution in [0, 0.1) is 40.9 Å². The number of hydrogen-bond acceptors (Lipinski definition) is 5. The summed E-state index contributed by atoms with van der Waals surface area (Å²) in [4.78, 5) is 47.1. The Morgan fingerprint density at radius 2 is 1.80 bits per heavy atom. The minimum absolute atomic E-state index is 0.000857. The maximum Gasteiger partial charge on any atom is 0.306 e. The number of Topliss-reactive ketones (excluding diaryl/α,β-unsaturated/α-hetero) is 2. The highest BCUT2D eigenvalue weighted by atomic mass is 16.5. The topological polar surface area (TPSA) is 97.7 Å². The third-order valence-electron chi connectivity index (χ3n) is 9.07. The molecule has 0 radical (unpaired) electrons. The SMILES string of the molecule is C[C@]12CC[C@@H]3[C@H](CCC4CC(=O)CC[C@@H]43)C1CC[C@@H]2C(=O)COC(=O)CCC(=O)O. The molecule has 0 aromatic carbocycles. The lowest BCUT2D eigenvalue weighted by atomic mass is 9.49. The van der Waals surface area contributed by atoms with E-state index >= 15 is 0 Å². The molecule has 6 nitrogen and oxygen atoms in total. The molecule has 4 saturated carbocycles. The Morgan fingerprint density at radius 1 is 1.00 bits per heavy atom. The van der Waals surface area contributed by atoms with Crippen LogP contribution < -0.4 is 0 Å². The molecule has 0 aliphatic heterocycles. The van der Waals surface area contributed by atoms with Crippen molar-refractivity contribution in [2.45, 2.75) is 77.6 Å². The van der Waals surface area contributed by atoms with E-state index in [4.69, 9.17) is 9.84 Å². The van der Waals surface area contributed by atoms with E-state index in [9.17, 15) is 19.2 Å². The van der Waals surface area contributed by atoms with Crippen LogP contribution in [-0.4, -0.2) is 35.2 Å². The van der Waals surface area contributed by atoms with Crippen LogP contribution in [0.1, 0.15) is 77.6 Å². The number of hydrogen-bond donors (Lipinski definition) is 1. The summed E-state index contributed by atoms with van der Waals surface area (Å²) < 4.78 is 5.09. The molecule has 0 aromatic rings. The number of aliphatic carboxylic acids is 1. The van der Waals surface area contributed by atoms with Crippen molar-refractivity contribution < 1.29 is 29.0 Å². The summed E-state index contributed by atoms with van der Waals surface area (Å²) in [5.74, 6) is 1.91. The first-order chi connectivity index (χ1) is 14.3. The Morgan fingerprint density at radius 3 is 2.57 bits per heavy atom. The van der Waals surface area contributed by atoms with Crippen molar-refractivity contribution >= 4 is 23.5 Å². The molecule has 6 heteroatoms. The van der Waals surface area contributed by atoms with Crippen LogP contribution in [0.2, 0.25) is 0 Å². The molecule has 4 aliphatic rings. The molecular weight excluding hydrogens is 384 g/mol. The van der Waals surface area contributed by atoms with Gasteiger partial charge in [-0.15, -0.1) is 0 Å². The van der Waals surface area contributed by atoms with Gasteiger partial charge in [-0.1, -0.05) is 6.92 Å². The highest BCUT2D eigenvalue weighted by Gasteiger charge is 2.58. The second-order valence-corrected chi connectivity index (χ2v) is 10.4. The number of esters is 1. The summed E-state index contributed by atoms with van der Waals surface area (Å²) in [6.07, 6.45) is 8.59. The van der Waals surface area contributed by atoms with Crippen LogP contribution in [-0.2, 0) is 23.9 Å². The van der Waals surface area contributed by atoms with Crippen molar-refractivity contribution in [1.82, 2.24) is 0 Å². The number of fused-ring (bicyclic) bond motifs is 5. The van der Waals surface area contributed by atoms with Crippen molar-refractivity contribution in [2.75, 3.05) is 6.61 Å². The fourth-order valence-electron chi connectivity index (χ4n) is 7.72. The fraction of sp³-hybridized carbons (Fsp3) is 0.833. The third-order valence-corrected chi connectivity index (χ3v) is 9.07. The highest BCUT2D eigenvalue weighted by molar-refractivity contribution is 5.86. The first kappa shape index (κ1) is 21.5. The molecule has 2 unspecified atom stereocenters. The van der Waals surface area contributed by atoms with E-state index in [1.165, 1.54) is 6.42 Å². The van der Waals surface area contributed by atoms with Gasteiger partial charge in [-0.2, -0.15) is 0 Å². The smallest absolute Gasteiger partial charge is 0.306 e. The number of carboxylic acid groups (broad SMARTS) is 1. The lowest BCUT2D eigenvalue weighted by Crippen LogP contribution is -2.49. The first-order valence-corrected chi connectivity index (χ1v) is 11.7. The number of ether oxygens (including phenoxy) is 1. The number of rotatable bonds is 6. The molecule has 0 bridgehead atoms. The Balaban J connectivity index is 1.38. The van der Waals surface area contributed by atoms with E-state index in [0.717, 1.165) is 51.4 Å². The van der Waals surface area contributed by atoms with Gasteiger partial charge in [0, 0.05) is 18.8 Å². The lowest BCUT2D eigenvalue weighted by Gasteiger charge is -2.55. The van der Waals surface area contributed by atoms with Crippen LogP contribution in [0.5, 0.6) is 0 Å². The second-order valence-electron chi connectivity index (χ2n) is 10.4. The summed E-state index contributed by atoms with van der Waals surface area (Å²) in [6.45, 7) is 2.04. The van der Waals surface area contributed by atoms with Crippen LogP contribution in [0.4, 0.5) is 0 Å². The lowest BCUT2D eigenvalue weighted by molar-refractivity contribution is -0.152. The van der Waals surface area contributed by atoms with Gasteiger partial charge in [0.1, 0.15) is 12.4 Å². The summed E-state index contributed by atoms with van der Waals surface area (Å²) in [7, 11) is 0. The zero-order chi connectivity index (χ0) is 21.5. The number of carbonyl (C=O) groups is 4. The van der Waals surface area contributed by atoms with E-state index in [1.54, 1.807) is 0 Å². The second kappa shape index (κ2) is 8.43. The molecule has 0 aromatic heterocycles. The van der Waals surface area contributed by atoms with Gasteiger partial charge in [0.2, 0.25) is 0 Å². The first-order valence-electron chi connectivity index (χ1n) is 11.7. The molecule has 4 aliphatic carbocycles. The van der Waals surface area contributed by atoms with Gasteiger partial charge in [0.15, 0.2) is 5.78 Å². The minimum atomic E-state index is -1.04. The van der Waals surface area contributed by atoms with Gasteiger partial charge in [0.25, 0.3) is 0 Å². The van der Waals surface area contributed by atoms with Gasteiger partial charge in [-0.25, -0.2) is 0 Å². The van der Waals surface area contributed by atoms with Crippen molar-refractivity contribution in [3.8, 4) is 0 Å². The van der Waals surface area contributed by atoms with E-state index in [1.807, 2.05) is 0 Å². The summed E-state index contributed by atoms with van der Waals surface area (Å²) >= 11 is 0. The third kappa shape index (κ3) is 3.94. The van der Waals surface area contributed by atoms with Crippen molar-refractivity contribution in [3.63, 3.8) is 0 Å². The molecule has 0 heterocycles. The summed E-state index contributed by atoms with van der Waals surface area (Å²) in [5, 5.41) is 8.66. The van der Waals surface area contributed by atoms with Crippen molar-refractivity contribution in [2.24, 2.45) is 40.9 Å². The molecule has 0 saturated heterocycles. The summed E-state index contributed by atoms with van der Waals surface area (Å²) in [5.41, 5.74) is -0.0248. The van der Waals surface area contributed by atoms with Gasteiger partial charge < -0.3 is 9.84 Å². The number of carbonyl (C=O) groups excluding carboxylic acids is 3. The maximum absolute atomic E-state index is 12.9. The number of ketones is 2. The standard InChI is InChI=1S/C24H34O6/c1-24-11-10-17-16-5-3-15(25)12-14(16)2-4-18(17)19(24)6-7-20(24)21(26)13-30-23(29)9-8-22(27)28/h14,16-20H,2-13H2,1H3,(H,27,28)/t14?,16-,17-,18-,19?,20+,24-/m0/s1. The molecular formula is C24H34O6. The molecule has 30 heavy (non-hydrogen) atoms. The van der Waals surface area contributed by atoms with Crippen LogP contribution in [0.3, 0.4) is 0 Å². The molecule has 7 atom stereocenters. The predicted molar refractivity (Wildman–Crippen MR) is 108 cm³/mol. The Hall–Kier alpha value is -1.72. The zero-order valence-corrected chi connectivity index (χ0v) is 17.9. The van der Waals surface area contributed by atoms with Crippen molar-refractivity contribution in [1.29, 1.82) is 0 Å². The maximum atomic E-state index is 12.9. The molecule has 4 rings (SSSR count). The zero-order valence-electron chi connectivity index (χ0n) is 17.9. The summed E-state index contributed by atoms with van der Waals surface area (Å²) in [6, 6.07) is 0. The number of carboxylic acids is 1. The highest BCUT2D eigenvalue weighted by Crippen LogP contribution is 2.64. The van der Waals surface area contributed by atoms with Gasteiger partial charge in [-0.05, 0) is 80.0 Å². The normalized spacial score (nSPS) is 40.1. The van der Waals surface area contributed by atoms with Crippen molar-refractivity contribution in [3.05, 3.63) is 0 Å². The van der Waals surface area contributed by atoms with E-state index in [-0.39, 0.29) is 36.6 Å². The Kier molecular flexibility index (Phi) is 6.04. The quantitative estimate of drug-likeness (QED) is 0.659. The minimum Gasteiger partial charge on any atom is -0.481 e. The molecule has 4 fully saturated rings. The van der Waals surface area contributed by atoms with Crippen LogP contribution in [0.15, 0.2) is 0 Å². The van der Waals surface area contributed by atoms with E-state index in [2.05, 4.69) is 6.92 Å². The Bertz CT molecular complexity index is 729. The molecule has 0 amide bonds. The average molecular weight is 419 g/mol. The van der Waals surface area contributed by atoms with Gasteiger partial charge in [-0.3, -0.25) is 19.2 Å². The largest absolute Gasteiger partial charge is 0.481 e. The fourth-order valence-corrected chi connectivity index (χ4v) is 7.72. The van der Waals surface area contributed by atoms with Gasteiger partial charge in [0.05, 0.1) is 12.8 Å². The molecule has 166 valence electrons. The Labute approximate surface area is 178 Å². The predicted octanol–water partition coefficient (Wildman–Crippen LogP) is 3.80.